The van der Waals surface area contributed by atoms with E-state index >= 15 is 0 Å². The molecule has 0 atom stereocenters. The summed E-state index contributed by atoms with van der Waals surface area (Å²) in [5, 5.41) is 16.6. The fraction of sp³-hybridized carbons (Fsp3) is 0.500. The number of aliphatic hydroxyl groups is 1. The average Bonchev–Trinajstić information content (AvgIpc) is 3.10. The monoisotopic (exact) mass is 222 g/mol. The van der Waals surface area contributed by atoms with Gasteiger partial charge in [0.1, 0.15) is 0 Å². The van der Waals surface area contributed by atoms with Crippen molar-refractivity contribution >= 4 is 11.7 Å². The van der Waals surface area contributed by atoms with Crippen molar-refractivity contribution in [2.24, 2.45) is 5.73 Å². The predicted octanol–water partition coefficient (Wildman–Crippen LogP) is -0.463. The number of primary amides is 1. The lowest BCUT2D eigenvalue weighted by molar-refractivity contribution is 0.0994. The minimum atomic E-state index is -0.584. The summed E-state index contributed by atoms with van der Waals surface area (Å²) in [5.74, 6) is 0.0979. The van der Waals surface area contributed by atoms with Gasteiger partial charge >= 0.3 is 0 Å². The van der Waals surface area contributed by atoms with E-state index in [4.69, 9.17) is 10.8 Å². The molecule has 1 aromatic heterocycles. The second-order valence-corrected chi connectivity index (χ2v) is 3.79. The molecule has 2 rings (SSSR count). The summed E-state index contributed by atoms with van der Waals surface area (Å²) in [5.41, 5.74) is 5.23. The Morgan fingerprint density at radius 3 is 2.69 bits per heavy atom. The second kappa shape index (κ2) is 4.44. The molecule has 0 unspecified atom stereocenters. The van der Waals surface area contributed by atoms with Crippen molar-refractivity contribution in [1.82, 2.24) is 10.2 Å². The third-order valence-corrected chi connectivity index (χ3v) is 2.53. The van der Waals surface area contributed by atoms with Gasteiger partial charge in [0.15, 0.2) is 11.5 Å². The fourth-order valence-corrected chi connectivity index (χ4v) is 1.59. The van der Waals surface area contributed by atoms with Gasteiger partial charge in [-0.05, 0) is 25.0 Å². The van der Waals surface area contributed by atoms with Crippen molar-refractivity contribution in [3.05, 3.63) is 17.8 Å². The van der Waals surface area contributed by atoms with Crippen LogP contribution in [0, 0.1) is 0 Å². The third-order valence-electron chi connectivity index (χ3n) is 2.53. The van der Waals surface area contributed by atoms with Crippen LogP contribution >= 0.6 is 0 Å². The molecule has 0 aromatic carbocycles. The largest absolute Gasteiger partial charge is 0.395 e. The maximum Gasteiger partial charge on any atom is 0.269 e. The quantitative estimate of drug-likeness (QED) is 0.703. The maximum absolute atomic E-state index is 10.8. The Bertz CT molecular complexity index is 375. The topological polar surface area (TPSA) is 92.3 Å². The molecule has 1 amide bonds. The van der Waals surface area contributed by atoms with E-state index in [-0.39, 0.29) is 12.3 Å². The van der Waals surface area contributed by atoms with E-state index in [0.717, 1.165) is 12.8 Å². The SMILES string of the molecule is NC(=O)c1ccc(N(CCO)C2CC2)nn1. The van der Waals surface area contributed by atoms with Crippen molar-refractivity contribution in [2.75, 3.05) is 18.1 Å². The van der Waals surface area contributed by atoms with Crippen LogP contribution in [0.4, 0.5) is 5.82 Å². The van der Waals surface area contributed by atoms with Gasteiger partial charge in [0.05, 0.1) is 6.61 Å². The number of nitrogens with zero attached hydrogens (tertiary/aromatic N) is 3. The molecule has 1 aliphatic rings. The Balaban J connectivity index is 2.14. The first kappa shape index (κ1) is 10.8. The number of aliphatic hydroxyl groups excluding tert-OH is 1. The standard InChI is InChI=1S/C10H14N4O2/c11-10(16)8-3-4-9(13-12-8)14(5-6-15)7-1-2-7/h3-4,7,15H,1-2,5-6H2,(H2,11,16). The molecule has 1 fully saturated rings. The Kier molecular flexibility index (Phi) is 3.00. The van der Waals surface area contributed by atoms with Gasteiger partial charge in [0, 0.05) is 12.6 Å². The molecule has 1 heterocycles. The van der Waals surface area contributed by atoms with E-state index in [1.165, 1.54) is 0 Å². The van der Waals surface area contributed by atoms with Crippen LogP contribution in [-0.4, -0.2) is 40.4 Å². The predicted molar refractivity (Wildman–Crippen MR) is 58.0 cm³/mol. The number of anilines is 1. The Hall–Kier alpha value is -1.69. The fourth-order valence-electron chi connectivity index (χ4n) is 1.59. The summed E-state index contributed by atoms with van der Waals surface area (Å²) < 4.78 is 0. The number of hydrogen-bond acceptors (Lipinski definition) is 5. The maximum atomic E-state index is 10.8. The molecule has 0 bridgehead atoms. The van der Waals surface area contributed by atoms with E-state index in [0.29, 0.717) is 18.4 Å². The van der Waals surface area contributed by atoms with E-state index in [9.17, 15) is 4.79 Å². The van der Waals surface area contributed by atoms with Crippen LogP contribution in [0.25, 0.3) is 0 Å². The Labute approximate surface area is 93.1 Å². The molecule has 3 N–H and O–H groups in total. The third kappa shape index (κ3) is 2.27. The van der Waals surface area contributed by atoms with Crippen LogP contribution in [0.5, 0.6) is 0 Å². The summed E-state index contributed by atoms with van der Waals surface area (Å²) in [7, 11) is 0. The number of nitrogens with two attached hydrogens (primary N) is 1. The lowest BCUT2D eigenvalue weighted by atomic mass is 10.3. The van der Waals surface area contributed by atoms with Crippen LogP contribution < -0.4 is 10.6 Å². The first-order chi connectivity index (χ1) is 7.72. The van der Waals surface area contributed by atoms with Gasteiger partial charge in [-0.3, -0.25) is 4.79 Å². The minimum Gasteiger partial charge on any atom is -0.395 e. The minimum absolute atomic E-state index is 0.0791. The zero-order valence-corrected chi connectivity index (χ0v) is 8.83. The average molecular weight is 222 g/mol. The lowest BCUT2D eigenvalue weighted by Crippen LogP contribution is -2.30. The van der Waals surface area contributed by atoms with Crippen LogP contribution in [0.2, 0.25) is 0 Å². The van der Waals surface area contributed by atoms with Crippen LogP contribution in [-0.2, 0) is 0 Å². The summed E-state index contributed by atoms with van der Waals surface area (Å²) in [6.45, 7) is 0.616. The molecule has 0 saturated heterocycles. The van der Waals surface area contributed by atoms with Crippen LogP contribution in [0.15, 0.2) is 12.1 Å². The number of hydrogen-bond donors (Lipinski definition) is 2. The number of rotatable bonds is 5. The number of aromatic nitrogens is 2. The molecule has 1 aromatic rings. The van der Waals surface area contributed by atoms with E-state index in [1.807, 2.05) is 4.90 Å². The van der Waals surface area contributed by atoms with Crippen LogP contribution in [0.1, 0.15) is 23.3 Å². The Morgan fingerprint density at radius 1 is 1.50 bits per heavy atom. The van der Waals surface area contributed by atoms with Gasteiger partial charge < -0.3 is 15.7 Å². The first-order valence-corrected chi connectivity index (χ1v) is 5.23. The van der Waals surface area contributed by atoms with Crippen molar-refractivity contribution in [3.63, 3.8) is 0 Å². The van der Waals surface area contributed by atoms with Gasteiger partial charge in [-0.2, -0.15) is 0 Å². The number of carbonyl (C=O) groups excluding carboxylic acids is 1. The zero-order chi connectivity index (χ0) is 11.5. The number of carbonyl (C=O) groups is 1. The summed E-state index contributed by atoms with van der Waals surface area (Å²) in [6.07, 6.45) is 2.22. The highest BCUT2D eigenvalue weighted by Crippen LogP contribution is 2.29. The molecular formula is C10H14N4O2. The molecule has 86 valence electrons. The lowest BCUT2D eigenvalue weighted by Gasteiger charge is -2.21. The van der Waals surface area contributed by atoms with Gasteiger partial charge in [0.25, 0.3) is 5.91 Å². The van der Waals surface area contributed by atoms with Crippen molar-refractivity contribution in [3.8, 4) is 0 Å². The summed E-state index contributed by atoms with van der Waals surface area (Å²) >= 11 is 0. The zero-order valence-electron chi connectivity index (χ0n) is 8.83. The normalized spacial score (nSPS) is 14.8. The molecule has 1 saturated carbocycles. The van der Waals surface area contributed by atoms with Gasteiger partial charge in [0.2, 0.25) is 0 Å². The highest BCUT2D eigenvalue weighted by atomic mass is 16.3. The molecular weight excluding hydrogens is 208 g/mol. The highest BCUT2D eigenvalue weighted by molar-refractivity contribution is 5.90. The smallest absolute Gasteiger partial charge is 0.269 e. The molecule has 0 radical (unpaired) electrons. The molecule has 6 heteroatoms. The summed E-state index contributed by atoms with van der Waals surface area (Å²) in [4.78, 5) is 12.8. The molecule has 0 aliphatic heterocycles. The van der Waals surface area contributed by atoms with E-state index < -0.39 is 5.91 Å². The van der Waals surface area contributed by atoms with Crippen molar-refractivity contribution in [2.45, 2.75) is 18.9 Å². The molecule has 0 spiro atoms. The molecule has 16 heavy (non-hydrogen) atoms. The van der Waals surface area contributed by atoms with Crippen LogP contribution in [0.3, 0.4) is 0 Å². The molecule has 6 nitrogen and oxygen atoms in total. The van der Waals surface area contributed by atoms with Crippen molar-refractivity contribution in [1.29, 1.82) is 0 Å². The Morgan fingerprint density at radius 2 is 2.25 bits per heavy atom. The number of amides is 1. The second-order valence-electron chi connectivity index (χ2n) is 3.79. The van der Waals surface area contributed by atoms with Gasteiger partial charge in [-0.1, -0.05) is 0 Å². The van der Waals surface area contributed by atoms with Crippen molar-refractivity contribution < 1.29 is 9.90 Å². The van der Waals surface area contributed by atoms with Gasteiger partial charge in [-0.25, -0.2) is 0 Å². The molecule has 1 aliphatic carbocycles. The summed E-state index contributed by atoms with van der Waals surface area (Å²) in [6, 6.07) is 3.71. The van der Waals surface area contributed by atoms with E-state index in [2.05, 4.69) is 10.2 Å². The first-order valence-electron chi connectivity index (χ1n) is 5.23. The van der Waals surface area contributed by atoms with E-state index in [1.54, 1.807) is 12.1 Å². The highest BCUT2D eigenvalue weighted by Gasteiger charge is 2.29. The van der Waals surface area contributed by atoms with Gasteiger partial charge in [-0.15, -0.1) is 10.2 Å².